The van der Waals surface area contributed by atoms with Gasteiger partial charge in [-0.05, 0) is 50.9 Å². The summed E-state index contributed by atoms with van der Waals surface area (Å²) in [6, 6.07) is 3.82. The molecule has 1 unspecified atom stereocenters. The van der Waals surface area contributed by atoms with Gasteiger partial charge in [-0.25, -0.2) is 4.98 Å². The first-order chi connectivity index (χ1) is 10.1. The Labute approximate surface area is 127 Å². The first-order valence-corrected chi connectivity index (χ1v) is 7.75. The molecule has 1 fully saturated rings. The first-order valence-electron chi connectivity index (χ1n) is 7.75. The monoisotopic (exact) mass is 290 g/mol. The Morgan fingerprint density at radius 1 is 1.43 bits per heavy atom. The number of hydrogen-bond donors (Lipinski definition) is 1. The molecule has 1 aromatic rings. The standard InChI is InChI=1S/C16H26N4O/c1-4-20(12-13-6-5-9-17-10-13)15-8-7-14(11-18-15)16(21)19(2)3/h7-8,11,13,17H,4-6,9-10,12H2,1-3H3. The summed E-state index contributed by atoms with van der Waals surface area (Å²) in [5, 5.41) is 3.46. The maximum absolute atomic E-state index is 11.9. The Kier molecular flexibility index (Phi) is 5.56. The summed E-state index contributed by atoms with van der Waals surface area (Å²) in [7, 11) is 3.51. The van der Waals surface area contributed by atoms with Crippen molar-refractivity contribution in [1.82, 2.24) is 15.2 Å². The minimum Gasteiger partial charge on any atom is -0.357 e. The van der Waals surface area contributed by atoms with Gasteiger partial charge in [0.1, 0.15) is 5.82 Å². The van der Waals surface area contributed by atoms with Gasteiger partial charge in [-0.2, -0.15) is 0 Å². The third-order valence-electron chi connectivity index (χ3n) is 3.98. The van der Waals surface area contributed by atoms with Crippen LogP contribution in [-0.2, 0) is 0 Å². The topological polar surface area (TPSA) is 48.5 Å². The van der Waals surface area contributed by atoms with E-state index in [1.54, 1.807) is 25.2 Å². The summed E-state index contributed by atoms with van der Waals surface area (Å²) in [6.45, 7) is 6.34. The van der Waals surface area contributed by atoms with E-state index >= 15 is 0 Å². The SMILES string of the molecule is CCN(CC1CCCNC1)c1ccc(C(=O)N(C)C)cn1. The average Bonchev–Trinajstić information content (AvgIpc) is 2.53. The lowest BCUT2D eigenvalue weighted by Gasteiger charge is -2.30. The number of anilines is 1. The zero-order valence-corrected chi connectivity index (χ0v) is 13.3. The molecule has 5 heteroatoms. The molecule has 0 bridgehead atoms. The van der Waals surface area contributed by atoms with Crippen LogP contribution in [0.25, 0.3) is 0 Å². The molecule has 1 N–H and O–H groups in total. The number of hydrogen-bond acceptors (Lipinski definition) is 4. The van der Waals surface area contributed by atoms with Crippen molar-refractivity contribution in [3.8, 4) is 0 Å². The predicted molar refractivity (Wildman–Crippen MR) is 85.7 cm³/mol. The van der Waals surface area contributed by atoms with Crippen LogP contribution in [0.4, 0.5) is 5.82 Å². The number of nitrogens with zero attached hydrogens (tertiary/aromatic N) is 3. The molecule has 116 valence electrons. The summed E-state index contributed by atoms with van der Waals surface area (Å²) in [5.74, 6) is 1.63. The van der Waals surface area contributed by atoms with E-state index in [0.29, 0.717) is 11.5 Å². The highest BCUT2D eigenvalue weighted by Crippen LogP contribution is 2.17. The summed E-state index contributed by atoms with van der Waals surface area (Å²) >= 11 is 0. The highest BCUT2D eigenvalue weighted by molar-refractivity contribution is 5.93. The van der Waals surface area contributed by atoms with Gasteiger partial charge in [0.25, 0.3) is 5.91 Å². The number of nitrogens with one attached hydrogen (secondary N) is 1. The third kappa shape index (κ3) is 4.17. The van der Waals surface area contributed by atoms with Crippen molar-refractivity contribution < 1.29 is 4.79 Å². The normalized spacial score (nSPS) is 18.3. The molecule has 0 aliphatic carbocycles. The van der Waals surface area contributed by atoms with Gasteiger partial charge in [0.2, 0.25) is 0 Å². The highest BCUT2D eigenvalue weighted by Gasteiger charge is 2.17. The summed E-state index contributed by atoms with van der Waals surface area (Å²) in [4.78, 5) is 20.2. The van der Waals surface area contributed by atoms with Crippen molar-refractivity contribution in [1.29, 1.82) is 0 Å². The minimum atomic E-state index is -0.00595. The largest absolute Gasteiger partial charge is 0.357 e. The van der Waals surface area contributed by atoms with E-state index in [-0.39, 0.29) is 5.91 Å². The Morgan fingerprint density at radius 2 is 2.24 bits per heavy atom. The Balaban J connectivity index is 2.02. The van der Waals surface area contributed by atoms with Gasteiger partial charge in [0, 0.05) is 33.4 Å². The Bertz CT molecular complexity index is 452. The van der Waals surface area contributed by atoms with Crippen molar-refractivity contribution in [2.24, 2.45) is 5.92 Å². The molecular weight excluding hydrogens is 264 g/mol. The average molecular weight is 290 g/mol. The molecule has 1 aliphatic rings. The zero-order valence-electron chi connectivity index (χ0n) is 13.3. The molecule has 1 aromatic heterocycles. The fraction of sp³-hybridized carbons (Fsp3) is 0.625. The van der Waals surface area contributed by atoms with Crippen molar-refractivity contribution in [3.05, 3.63) is 23.9 Å². The van der Waals surface area contributed by atoms with E-state index < -0.39 is 0 Å². The lowest BCUT2D eigenvalue weighted by molar-refractivity contribution is 0.0827. The fourth-order valence-electron chi connectivity index (χ4n) is 2.73. The molecule has 2 rings (SSSR count). The first kappa shape index (κ1) is 15.8. The Hall–Kier alpha value is -1.62. The van der Waals surface area contributed by atoms with E-state index in [0.717, 1.165) is 32.0 Å². The smallest absolute Gasteiger partial charge is 0.254 e. The number of carbonyl (C=O) groups excluding carboxylic acids is 1. The Morgan fingerprint density at radius 3 is 2.76 bits per heavy atom. The number of rotatable bonds is 5. The van der Waals surface area contributed by atoms with Gasteiger partial charge < -0.3 is 15.1 Å². The highest BCUT2D eigenvalue weighted by atomic mass is 16.2. The van der Waals surface area contributed by atoms with Crippen molar-refractivity contribution >= 4 is 11.7 Å². The van der Waals surface area contributed by atoms with E-state index in [2.05, 4.69) is 22.1 Å². The molecule has 0 radical (unpaired) electrons. The van der Waals surface area contributed by atoms with E-state index in [4.69, 9.17) is 0 Å². The number of carbonyl (C=O) groups is 1. The molecule has 0 spiro atoms. The molecule has 1 saturated heterocycles. The molecule has 0 saturated carbocycles. The second kappa shape index (κ2) is 7.41. The van der Waals surface area contributed by atoms with Crippen LogP contribution in [0.1, 0.15) is 30.1 Å². The molecular formula is C16H26N4O. The second-order valence-electron chi connectivity index (χ2n) is 5.86. The van der Waals surface area contributed by atoms with Crippen molar-refractivity contribution in [2.75, 3.05) is 45.2 Å². The number of pyridine rings is 1. The fourth-order valence-corrected chi connectivity index (χ4v) is 2.73. The quantitative estimate of drug-likeness (QED) is 0.895. The van der Waals surface area contributed by atoms with E-state index in [9.17, 15) is 4.79 Å². The van der Waals surface area contributed by atoms with Crippen LogP contribution in [-0.4, -0.2) is 56.1 Å². The molecule has 5 nitrogen and oxygen atoms in total. The predicted octanol–water partition coefficient (Wildman–Crippen LogP) is 1.61. The molecule has 21 heavy (non-hydrogen) atoms. The molecule has 1 atom stereocenters. The van der Waals surface area contributed by atoms with Crippen LogP contribution in [0.3, 0.4) is 0 Å². The van der Waals surface area contributed by atoms with Crippen LogP contribution in [0.15, 0.2) is 18.3 Å². The van der Waals surface area contributed by atoms with Crippen LogP contribution in [0.5, 0.6) is 0 Å². The van der Waals surface area contributed by atoms with Gasteiger partial charge >= 0.3 is 0 Å². The molecule has 2 heterocycles. The minimum absolute atomic E-state index is 0.00595. The van der Waals surface area contributed by atoms with Crippen molar-refractivity contribution in [3.63, 3.8) is 0 Å². The maximum atomic E-state index is 11.9. The van der Waals surface area contributed by atoms with Crippen LogP contribution < -0.4 is 10.2 Å². The molecule has 1 aliphatic heterocycles. The number of piperidine rings is 1. The van der Waals surface area contributed by atoms with Crippen molar-refractivity contribution in [2.45, 2.75) is 19.8 Å². The lowest BCUT2D eigenvalue weighted by Crippen LogP contribution is -2.38. The maximum Gasteiger partial charge on any atom is 0.254 e. The summed E-state index contributed by atoms with van der Waals surface area (Å²) < 4.78 is 0. The van der Waals surface area contributed by atoms with Crippen LogP contribution >= 0.6 is 0 Å². The van der Waals surface area contributed by atoms with Gasteiger partial charge in [0.05, 0.1) is 5.56 Å². The van der Waals surface area contributed by atoms with Gasteiger partial charge in [-0.3, -0.25) is 4.79 Å². The lowest BCUT2D eigenvalue weighted by atomic mass is 9.99. The zero-order chi connectivity index (χ0) is 15.2. The van der Waals surface area contributed by atoms with E-state index in [1.165, 1.54) is 12.8 Å². The number of amides is 1. The van der Waals surface area contributed by atoms with Crippen LogP contribution in [0, 0.1) is 5.92 Å². The van der Waals surface area contributed by atoms with Crippen LogP contribution in [0.2, 0.25) is 0 Å². The summed E-state index contributed by atoms with van der Waals surface area (Å²) in [6.07, 6.45) is 4.21. The molecule has 1 amide bonds. The van der Waals surface area contributed by atoms with Gasteiger partial charge in [-0.15, -0.1) is 0 Å². The third-order valence-corrected chi connectivity index (χ3v) is 3.98. The summed E-state index contributed by atoms with van der Waals surface area (Å²) in [5.41, 5.74) is 0.638. The molecule has 0 aromatic carbocycles. The van der Waals surface area contributed by atoms with Gasteiger partial charge in [0.15, 0.2) is 0 Å². The van der Waals surface area contributed by atoms with Gasteiger partial charge in [-0.1, -0.05) is 0 Å². The second-order valence-corrected chi connectivity index (χ2v) is 5.86. The number of aromatic nitrogens is 1. The van der Waals surface area contributed by atoms with E-state index in [1.807, 2.05) is 12.1 Å².